The van der Waals surface area contributed by atoms with E-state index in [4.69, 9.17) is 4.74 Å². The summed E-state index contributed by atoms with van der Waals surface area (Å²) in [6.45, 7) is 14.0. The molecule has 0 aliphatic rings. The predicted octanol–water partition coefficient (Wildman–Crippen LogP) is 7.37. The van der Waals surface area contributed by atoms with Crippen molar-refractivity contribution in [1.82, 2.24) is 14.2 Å². The van der Waals surface area contributed by atoms with E-state index in [0.29, 0.717) is 23.4 Å². The van der Waals surface area contributed by atoms with Crippen LogP contribution in [0.2, 0.25) is 0 Å². The molecule has 1 amide bonds. The molecular formula is C37H53N3O4. The summed E-state index contributed by atoms with van der Waals surface area (Å²) in [6, 6.07) is 13.0. The van der Waals surface area contributed by atoms with E-state index in [0.717, 1.165) is 49.7 Å². The van der Waals surface area contributed by atoms with Gasteiger partial charge in [0.1, 0.15) is 6.04 Å². The van der Waals surface area contributed by atoms with Crippen LogP contribution in [0, 0.1) is 0 Å². The van der Waals surface area contributed by atoms with Gasteiger partial charge in [0, 0.05) is 29.4 Å². The van der Waals surface area contributed by atoms with Gasteiger partial charge in [-0.25, -0.2) is 4.79 Å². The molecule has 7 heteroatoms. The number of aryl methyl sites for hydroxylation is 2. The van der Waals surface area contributed by atoms with Gasteiger partial charge in [-0.15, -0.1) is 0 Å². The van der Waals surface area contributed by atoms with Gasteiger partial charge in [-0.2, -0.15) is 0 Å². The van der Waals surface area contributed by atoms with E-state index in [2.05, 4.69) is 37.8 Å². The highest BCUT2D eigenvalue weighted by molar-refractivity contribution is 6.10. The second-order valence-corrected chi connectivity index (χ2v) is 11.8. The van der Waals surface area contributed by atoms with E-state index < -0.39 is 12.0 Å². The number of unbranched alkanes of at least 4 members (excludes halogenated alkanes) is 3. The van der Waals surface area contributed by atoms with E-state index >= 15 is 0 Å². The number of amides is 1. The van der Waals surface area contributed by atoms with Gasteiger partial charge >= 0.3 is 5.97 Å². The molecule has 0 radical (unpaired) electrons. The lowest BCUT2D eigenvalue weighted by atomic mass is 10.00. The third kappa shape index (κ3) is 9.04. The molecule has 1 aromatic carbocycles. The normalized spacial score (nSPS) is 12.1. The summed E-state index contributed by atoms with van der Waals surface area (Å²) < 4.78 is 6.76. The van der Waals surface area contributed by atoms with Crippen LogP contribution in [-0.2, 0) is 22.4 Å². The molecule has 44 heavy (non-hydrogen) atoms. The highest BCUT2D eigenvalue weighted by Gasteiger charge is 2.27. The van der Waals surface area contributed by atoms with Crippen molar-refractivity contribution in [2.75, 3.05) is 33.3 Å². The van der Waals surface area contributed by atoms with Crippen LogP contribution < -0.4 is 0 Å². The molecule has 0 saturated heterocycles. The van der Waals surface area contributed by atoms with Crippen molar-refractivity contribution in [2.24, 2.45) is 0 Å². The molecule has 0 fully saturated rings. The van der Waals surface area contributed by atoms with Crippen LogP contribution in [0.1, 0.15) is 117 Å². The molecule has 0 saturated carbocycles. The van der Waals surface area contributed by atoms with Crippen LogP contribution in [0.4, 0.5) is 0 Å². The zero-order valence-corrected chi connectivity index (χ0v) is 27.9. The van der Waals surface area contributed by atoms with Gasteiger partial charge in [0.05, 0.1) is 12.8 Å². The second kappa shape index (κ2) is 17.7. The molecule has 0 aliphatic heterocycles. The third-order valence-electron chi connectivity index (χ3n) is 8.54. The lowest BCUT2D eigenvalue weighted by Gasteiger charge is -2.26. The lowest BCUT2D eigenvalue weighted by Crippen LogP contribution is -2.43. The van der Waals surface area contributed by atoms with Crippen molar-refractivity contribution >= 4 is 23.2 Å². The topological polar surface area (TPSA) is 71.3 Å². The van der Waals surface area contributed by atoms with Crippen LogP contribution in [0.15, 0.2) is 48.7 Å². The van der Waals surface area contributed by atoms with Crippen LogP contribution in [0.3, 0.4) is 0 Å². The minimum Gasteiger partial charge on any atom is -0.467 e. The molecule has 0 bridgehead atoms. The van der Waals surface area contributed by atoms with E-state index in [-0.39, 0.29) is 11.7 Å². The summed E-state index contributed by atoms with van der Waals surface area (Å²) in [5.74, 6) is -0.710. The molecule has 240 valence electrons. The van der Waals surface area contributed by atoms with E-state index in [1.54, 1.807) is 19.2 Å². The number of esters is 1. The van der Waals surface area contributed by atoms with Gasteiger partial charge in [-0.3, -0.25) is 9.59 Å². The fourth-order valence-corrected chi connectivity index (χ4v) is 5.80. The minimum atomic E-state index is -0.693. The van der Waals surface area contributed by atoms with E-state index in [1.807, 2.05) is 35.6 Å². The SMILES string of the molecule is CCCCc1cc2cc(C(=O)N(CC)C(C)C(=O)OC)ccn2c1C(=O)c1ccc(CCCN(CCCC)CCCC)cc1. The van der Waals surface area contributed by atoms with Crippen LogP contribution >= 0.6 is 0 Å². The Balaban J connectivity index is 1.81. The molecule has 3 aromatic rings. The van der Waals surface area contributed by atoms with Crippen molar-refractivity contribution in [1.29, 1.82) is 0 Å². The first-order chi connectivity index (χ1) is 21.3. The molecule has 2 heterocycles. The highest BCUT2D eigenvalue weighted by Crippen LogP contribution is 2.24. The number of likely N-dealkylation sites (N-methyl/N-ethyl adjacent to an activating group) is 1. The Hall–Kier alpha value is -3.45. The number of hydrogen-bond donors (Lipinski definition) is 0. The van der Waals surface area contributed by atoms with E-state index in [9.17, 15) is 14.4 Å². The summed E-state index contributed by atoms with van der Waals surface area (Å²) in [5, 5.41) is 0. The number of fused-ring (bicyclic) bond motifs is 1. The van der Waals surface area contributed by atoms with Crippen molar-refractivity contribution in [3.05, 3.63) is 76.6 Å². The summed E-state index contributed by atoms with van der Waals surface area (Å²) >= 11 is 0. The van der Waals surface area contributed by atoms with Crippen molar-refractivity contribution < 1.29 is 19.1 Å². The molecule has 1 unspecified atom stereocenters. The maximum Gasteiger partial charge on any atom is 0.328 e. The molecule has 3 rings (SSSR count). The van der Waals surface area contributed by atoms with E-state index in [1.165, 1.54) is 56.3 Å². The number of aromatic nitrogens is 1. The van der Waals surface area contributed by atoms with Crippen LogP contribution in [0.5, 0.6) is 0 Å². The number of ether oxygens (including phenoxy) is 1. The molecule has 1 atom stereocenters. The summed E-state index contributed by atoms with van der Waals surface area (Å²) in [4.78, 5) is 43.5. The summed E-state index contributed by atoms with van der Waals surface area (Å²) in [5.41, 5.74) is 4.82. The number of rotatable bonds is 19. The molecule has 0 aliphatic carbocycles. The maximum absolute atomic E-state index is 13.9. The lowest BCUT2D eigenvalue weighted by molar-refractivity contribution is -0.145. The number of methoxy groups -OCH3 is 1. The fourth-order valence-electron chi connectivity index (χ4n) is 5.80. The largest absolute Gasteiger partial charge is 0.467 e. The van der Waals surface area contributed by atoms with Crippen molar-refractivity contribution in [3.63, 3.8) is 0 Å². The third-order valence-corrected chi connectivity index (χ3v) is 8.54. The van der Waals surface area contributed by atoms with Crippen LogP contribution in [0.25, 0.3) is 5.52 Å². The molecular weight excluding hydrogens is 550 g/mol. The molecule has 0 spiro atoms. The first kappa shape index (κ1) is 35.0. The van der Waals surface area contributed by atoms with Gasteiger partial charge in [0.25, 0.3) is 5.91 Å². The number of carbonyl (C=O) groups is 3. The smallest absolute Gasteiger partial charge is 0.328 e. The summed E-state index contributed by atoms with van der Waals surface area (Å²) in [7, 11) is 1.32. The fraction of sp³-hybridized carbons (Fsp3) is 0.541. The second-order valence-electron chi connectivity index (χ2n) is 11.8. The van der Waals surface area contributed by atoms with Gasteiger partial charge in [0.2, 0.25) is 5.78 Å². The maximum atomic E-state index is 13.9. The average Bonchev–Trinajstić information content (AvgIpc) is 3.41. The number of pyridine rings is 1. The first-order valence-electron chi connectivity index (χ1n) is 16.7. The predicted molar refractivity (Wildman–Crippen MR) is 179 cm³/mol. The number of carbonyl (C=O) groups excluding carboxylic acids is 3. The molecule has 0 N–H and O–H groups in total. The number of ketones is 1. The van der Waals surface area contributed by atoms with Gasteiger partial charge < -0.3 is 18.9 Å². The minimum absolute atomic E-state index is 0.0125. The van der Waals surface area contributed by atoms with Gasteiger partial charge in [-0.1, -0.05) is 64.3 Å². The van der Waals surface area contributed by atoms with Crippen molar-refractivity contribution in [3.8, 4) is 0 Å². The first-order valence-corrected chi connectivity index (χ1v) is 16.7. The summed E-state index contributed by atoms with van der Waals surface area (Å²) in [6.07, 6.45) is 11.6. The number of nitrogens with zero attached hydrogens (tertiary/aromatic N) is 3. The Morgan fingerprint density at radius 3 is 2.02 bits per heavy atom. The average molecular weight is 604 g/mol. The number of benzene rings is 1. The number of hydrogen-bond acceptors (Lipinski definition) is 5. The Morgan fingerprint density at radius 1 is 0.795 bits per heavy atom. The molecule has 2 aromatic heterocycles. The Bertz CT molecular complexity index is 1350. The Kier molecular flexibility index (Phi) is 14.1. The Morgan fingerprint density at radius 2 is 1.43 bits per heavy atom. The zero-order chi connectivity index (χ0) is 32.1. The highest BCUT2D eigenvalue weighted by atomic mass is 16.5. The standard InChI is InChI=1S/C37H53N3O4/c1-7-11-16-31-26-33-27-32(36(42)39(10-4)28(5)37(43)44-6)21-25-40(33)34(31)35(41)30-19-17-29(18-20-30)15-14-24-38(22-12-8-2)23-13-9-3/h17-21,25-28H,7-16,22-24H2,1-6H3. The Labute approximate surface area is 264 Å². The van der Waals surface area contributed by atoms with Crippen molar-refractivity contribution in [2.45, 2.75) is 98.4 Å². The van der Waals surface area contributed by atoms with Crippen LogP contribution in [-0.4, -0.2) is 71.2 Å². The quantitative estimate of drug-likeness (QED) is 0.106. The monoisotopic (exact) mass is 603 g/mol. The zero-order valence-electron chi connectivity index (χ0n) is 27.9. The van der Waals surface area contributed by atoms with Gasteiger partial charge in [-0.05, 0) is 101 Å². The molecule has 7 nitrogen and oxygen atoms in total. The van der Waals surface area contributed by atoms with Gasteiger partial charge in [0.15, 0.2) is 0 Å².